The topological polar surface area (TPSA) is 61.8 Å². The molecule has 5 nitrogen and oxygen atoms in total. The second-order valence-electron chi connectivity index (χ2n) is 6.59. The summed E-state index contributed by atoms with van der Waals surface area (Å²) in [6.45, 7) is 6.70. The van der Waals surface area contributed by atoms with Gasteiger partial charge in [0.05, 0.1) is 30.9 Å². The number of benzene rings is 1. The largest absolute Gasteiger partial charge is 0.386 e. The van der Waals surface area contributed by atoms with Crippen molar-refractivity contribution in [2.24, 2.45) is 0 Å². The van der Waals surface area contributed by atoms with Crippen molar-refractivity contribution < 1.29 is 14.6 Å². The Bertz CT molecular complexity index is 553. The molecule has 120 valence electrons. The summed E-state index contributed by atoms with van der Waals surface area (Å²) in [7, 11) is 0. The van der Waals surface area contributed by atoms with Gasteiger partial charge < -0.3 is 15.2 Å². The number of aliphatic hydroxyl groups is 1. The van der Waals surface area contributed by atoms with Crippen LogP contribution in [0.25, 0.3) is 0 Å². The van der Waals surface area contributed by atoms with Gasteiger partial charge in [0.1, 0.15) is 0 Å². The van der Waals surface area contributed by atoms with Gasteiger partial charge in [0.25, 0.3) is 0 Å². The second-order valence-corrected chi connectivity index (χ2v) is 6.59. The minimum Gasteiger partial charge on any atom is -0.386 e. The molecule has 1 aliphatic carbocycles. The third-order valence-corrected chi connectivity index (χ3v) is 4.87. The van der Waals surface area contributed by atoms with Crippen molar-refractivity contribution in [3.05, 3.63) is 35.4 Å². The van der Waals surface area contributed by atoms with Crippen LogP contribution in [0.4, 0.5) is 0 Å². The molecule has 1 fully saturated rings. The monoisotopic (exact) mass is 304 g/mol. The van der Waals surface area contributed by atoms with Crippen molar-refractivity contribution in [3.63, 3.8) is 0 Å². The lowest BCUT2D eigenvalue weighted by atomic mass is 9.99. The van der Waals surface area contributed by atoms with Crippen molar-refractivity contribution >= 4 is 5.91 Å². The molecule has 1 saturated heterocycles. The standard InChI is InChI=1S/C17H24N2O3/c1-17(2,19-7-9-22-10-8-19)16(21)18-14-11-12-5-3-4-6-13(12)15(14)20/h3-6,14-15,20H,7-11H2,1-2H3,(H,18,21)/t14-,15+/m1/s1. The van der Waals surface area contributed by atoms with Crippen molar-refractivity contribution in [1.82, 2.24) is 10.2 Å². The van der Waals surface area contributed by atoms with Gasteiger partial charge in [0, 0.05) is 13.1 Å². The average Bonchev–Trinajstić information content (AvgIpc) is 2.85. The minimum absolute atomic E-state index is 0.0359. The molecule has 22 heavy (non-hydrogen) atoms. The first kappa shape index (κ1) is 15.5. The summed E-state index contributed by atoms with van der Waals surface area (Å²) >= 11 is 0. The molecule has 2 aliphatic rings. The molecule has 3 rings (SSSR count). The highest BCUT2D eigenvalue weighted by molar-refractivity contribution is 5.85. The maximum Gasteiger partial charge on any atom is 0.240 e. The number of morpholine rings is 1. The summed E-state index contributed by atoms with van der Waals surface area (Å²) in [6.07, 6.45) is 0.0584. The first-order valence-electron chi connectivity index (χ1n) is 7.90. The maximum atomic E-state index is 12.7. The van der Waals surface area contributed by atoms with Gasteiger partial charge in [-0.2, -0.15) is 0 Å². The van der Waals surface area contributed by atoms with Crippen LogP contribution >= 0.6 is 0 Å². The molecular weight excluding hydrogens is 280 g/mol. The summed E-state index contributed by atoms with van der Waals surface area (Å²) in [4.78, 5) is 14.9. The van der Waals surface area contributed by atoms with Gasteiger partial charge in [0.2, 0.25) is 5.91 Å². The lowest BCUT2D eigenvalue weighted by Crippen LogP contribution is -2.59. The molecule has 1 heterocycles. The Labute approximate surface area is 131 Å². The van der Waals surface area contributed by atoms with Gasteiger partial charge in [0.15, 0.2) is 0 Å². The van der Waals surface area contributed by atoms with Crippen molar-refractivity contribution in [3.8, 4) is 0 Å². The fourth-order valence-electron chi connectivity index (χ4n) is 3.31. The molecule has 0 aromatic heterocycles. The number of nitrogens with one attached hydrogen (secondary N) is 1. The summed E-state index contributed by atoms with van der Waals surface area (Å²) in [5.41, 5.74) is 1.44. The van der Waals surface area contributed by atoms with E-state index in [1.54, 1.807) is 0 Å². The molecule has 0 saturated carbocycles. The van der Waals surface area contributed by atoms with E-state index < -0.39 is 11.6 Å². The first-order valence-corrected chi connectivity index (χ1v) is 7.90. The molecule has 5 heteroatoms. The quantitative estimate of drug-likeness (QED) is 0.870. The maximum absolute atomic E-state index is 12.7. The Morgan fingerprint density at radius 2 is 2.00 bits per heavy atom. The molecule has 1 aromatic carbocycles. The van der Waals surface area contributed by atoms with Crippen LogP contribution in [0.5, 0.6) is 0 Å². The van der Waals surface area contributed by atoms with Crippen LogP contribution in [-0.2, 0) is 16.0 Å². The van der Waals surface area contributed by atoms with Gasteiger partial charge in [-0.15, -0.1) is 0 Å². The Hall–Kier alpha value is -1.43. The third-order valence-electron chi connectivity index (χ3n) is 4.87. The zero-order chi connectivity index (χ0) is 15.7. The van der Waals surface area contributed by atoms with Crippen LogP contribution in [0, 0.1) is 0 Å². The fourth-order valence-corrected chi connectivity index (χ4v) is 3.31. The molecule has 0 radical (unpaired) electrons. The molecule has 1 aliphatic heterocycles. The smallest absolute Gasteiger partial charge is 0.240 e. The zero-order valence-corrected chi connectivity index (χ0v) is 13.2. The minimum atomic E-state index is -0.624. The van der Waals surface area contributed by atoms with E-state index in [0.717, 1.165) is 24.2 Å². The number of nitrogens with zero attached hydrogens (tertiary/aromatic N) is 1. The van der Waals surface area contributed by atoms with Gasteiger partial charge in [-0.25, -0.2) is 0 Å². The molecule has 1 amide bonds. The Kier molecular flexibility index (Phi) is 4.21. The zero-order valence-electron chi connectivity index (χ0n) is 13.2. The molecule has 0 unspecified atom stereocenters. The highest BCUT2D eigenvalue weighted by atomic mass is 16.5. The normalized spacial score (nSPS) is 25.8. The van der Waals surface area contributed by atoms with E-state index in [4.69, 9.17) is 4.74 Å². The number of amides is 1. The van der Waals surface area contributed by atoms with E-state index in [2.05, 4.69) is 10.2 Å². The summed E-state index contributed by atoms with van der Waals surface area (Å²) in [5, 5.41) is 13.5. The Morgan fingerprint density at radius 3 is 2.68 bits per heavy atom. The molecule has 2 atom stereocenters. The number of rotatable bonds is 3. The molecule has 1 aromatic rings. The Morgan fingerprint density at radius 1 is 1.32 bits per heavy atom. The molecule has 2 N–H and O–H groups in total. The predicted molar refractivity (Wildman–Crippen MR) is 83.5 cm³/mol. The van der Waals surface area contributed by atoms with Crippen molar-refractivity contribution in [1.29, 1.82) is 0 Å². The number of aliphatic hydroxyl groups excluding tert-OH is 1. The first-order chi connectivity index (χ1) is 10.5. The number of fused-ring (bicyclic) bond motifs is 1. The van der Waals surface area contributed by atoms with E-state index in [9.17, 15) is 9.90 Å². The van der Waals surface area contributed by atoms with Gasteiger partial charge in [-0.05, 0) is 31.4 Å². The van der Waals surface area contributed by atoms with E-state index >= 15 is 0 Å². The number of hydrogen-bond donors (Lipinski definition) is 2. The van der Waals surface area contributed by atoms with Crippen LogP contribution in [0.2, 0.25) is 0 Å². The average molecular weight is 304 g/mol. The van der Waals surface area contributed by atoms with Crippen LogP contribution in [0.3, 0.4) is 0 Å². The summed E-state index contributed by atoms with van der Waals surface area (Å²) < 4.78 is 5.35. The highest BCUT2D eigenvalue weighted by Crippen LogP contribution is 2.31. The van der Waals surface area contributed by atoms with E-state index in [1.165, 1.54) is 0 Å². The van der Waals surface area contributed by atoms with Gasteiger partial charge >= 0.3 is 0 Å². The molecule has 0 spiro atoms. The van der Waals surface area contributed by atoms with E-state index in [1.807, 2.05) is 38.1 Å². The predicted octanol–water partition coefficient (Wildman–Crippen LogP) is 0.872. The number of ether oxygens (including phenoxy) is 1. The van der Waals surface area contributed by atoms with Crippen LogP contribution < -0.4 is 5.32 Å². The summed E-state index contributed by atoms with van der Waals surface area (Å²) in [6, 6.07) is 7.58. The fraction of sp³-hybridized carbons (Fsp3) is 0.588. The van der Waals surface area contributed by atoms with Gasteiger partial charge in [-0.1, -0.05) is 24.3 Å². The molecular formula is C17H24N2O3. The third kappa shape index (κ3) is 2.76. The summed E-state index contributed by atoms with van der Waals surface area (Å²) in [5.74, 6) is -0.0359. The highest BCUT2D eigenvalue weighted by Gasteiger charge is 2.39. The second kappa shape index (κ2) is 5.99. The lowest BCUT2D eigenvalue weighted by molar-refractivity contribution is -0.136. The number of hydrogen-bond acceptors (Lipinski definition) is 4. The number of carbonyl (C=O) groups excluding carboxylic acids is 1. The molecule has 0 bridgehead atoms. The Balaban J connectivity index is 1.67. The number of carbonyl (C=O) groups is 1. The van der Waals surface area contributed by atoms with Crippen molar-refractivity contribution in [2.75, 3.05) is 26.3 Å². The van der Waals surface area contributed by atoms with Gasteiger partial charge in [-0.3, -0.25) is 9.69 Å². The van der Waals surface area contributed by atoms with Crippen LogP contribution in [-0.4, -0.2) is 53.8 Å². The van der Waals surface area contributed by atoms with E-state index in [0.29, 0.717) is 19.6 Å². The lowest BCUT2D eigenvalue weighted by Gasteiger charge is -2.40. The SMILES string of the molecule is CC(C)(C(=O)N[C@@H]1Cc2ccccc2[C@@H]1O)N1CCOCC1. The van der Waals surface area contributed by atoms with Crippen LogP contribution in [0.1, 0.15) is 31.1 Å². The van der Waals surface area contributed by atoms with Crippen molar-refractivity contribution in [2.45, 2.75) is 38.0 Å². The van der Waals surface area contributed by atoms with E-state index in [-0.39, 0.29) is 11.9 Å². The van der Waals surface area contributed by atoms with Crippen LogP contribution in [0.15, 0.2) is 24.3 Å².